The number of nitrogens with two attached hydrogens (primary N) is 1. The Morgan fingerprint density at radius 3 is 2.54 bits per heavy atom. The Kier molecular flexibility index (Phi) is 5.25. The number of aromatic nitrogens is 2. The third kappa shape index (κ3) is 4.09. The second kappa shape index (κ2) is 7.78. The van der Waals surface area contributed by atoms with Crippen LogP contribution in [0.5, 0.6) is 5.75 Å². The number of anilines is 1. The molecule has 28 heavy (non-hydrogen) atoms. The number of hydrogen-bond donors (Lipinski definition) is 2. The average molecular weight is 382 g/mol. The van der Waals surface area contributed by atoms with Crippen LogP contribution in [-0.4, -0.2) is 27.4 Å². The molecule has 2 aromatic heterocycles. The largest absolute Gasteiger partial charge is 0.486 e. The van der Waals surface area contributed by atoms with Crippen LogP contribution in [0.15, 0.2) is 47.0 Å². The van der Waals surface area contributed by atoms with Crippen molar-refractivity contribution >= 4 is 23.3 Å². The lowest BCUT2D eigenvalue weighted by Crippen LogP contribution is -2.20. The molecule has 0 radical (unpaired) electrons. The summed E-state index contributed by atoms with van der Waals surface area (Å²) in [7, 11) is 1.54. The van der Waals surface area contributed by atoms with Gasteiger partial charge in [0.15, 0.2) is 11.5 Å². The van der Waals surface area contributed by atoms with Gasteiger partial charge < -0.3 is 20.2 Å². The molecule has 3 N–H and O–H groups in total. The van der Waals surface area contributed by atoms with Gasteiger partial charge in [0, 0.05) is 12.6 Å². The van der Waals surface area contributed by atoms with Gasteiger partial charge in [0.2, 0.25) is 0 Å². The Bertz CT molecular complexity index is 1030. The first-order chi connectivity index (χ1) is 13.3. The standard InChI is InChI=1S/C19H18N4O5/c1-11(24)12-3-5-13(6-4-12)27-10-14-7-8-16(28-14)19(26)22-15-9-21-23(2)17(15)18(20)25/h3-9H,10H2,1-2H3,(H2,20,25)(H,22,26). The quantitative estimate of drug-likeness (QED) is 0.602. The van der Waals surface area contributed by atoms with Gasteiger partial charge in [-0.2, -0.15) is 5.10 Å². The SMILES string of the molecule is CC(=O)c1ccc(OCc2ccc(C(=O)Nc3cnn(C)c3C(N)=O)o2)cc1. The van der Waals surface area contributed by atoms with E-state index in [1.165, 1.54) is 23.9 Å². The van der Waals surface area contributed by atoms with Crippen LogP contribution in [0, 0.1) is 0 Å². The summed E-state index contributed by atoms with van der Waals surface area (Å²) in [5, 5.41) is 6.44. The zero-order chi connectivity index (χ0) is 20.3. The van der Waals surface area contributed by atoms with Crippen LogP contribution in [0.1, 0.15) is 44.1 Å². The van der Waals surface area contributed by atoms with E-state index in [0.717, 1.165) is 0 Å². The molecule has 0 atom stereocenters. The van der Waals surface area contributed by atoms with E-state index in [2.05, 4.69) is 10.4 Å². The molecule has 0 bridgehead atoms. The Morgan fingerprint density at radius 1 is 1.18 bits per heavy atom. The van der Waals surface area contributed by atoms with Crippen molar-refractivity contribution in [3.8, 4) is 5.75 Å². The number of furan rings is 1. The normalized spacial score (nSPS) is 10.5. The van der Waals surface area contributed by atoms with Crippen LogP contribution in [0.4, 0.5) is 5.69 Å². The zero-order valence-electron chi connectivity index (χ0n) is 15.3. The number of rotatable bonds is 7. The molecule has 2 amide bonds. The van der Waals surface area contributed by atoms with Crippen molar-refractivity contribution in [2.45, 2.75) is 13.5 Å². The van der Waals surface area contributed by atoms with Crippen molar-refractivity contribution in [2.75, 3.05) is 5.32 Å². The number of carbonyl (C=O) groups excluding carboxylic acids is 3. The van der Waals surface area contributed by atoms with E-state index in [1.54, 1.807) is 37.4 Å². The fourth-order valence-electron chi connectivity index (χ4n) is 2.52. The number of aryl methyl sites for hydroxylation is 1. The van der Waals surface area contributed by atoms with E-state index in [4.69, 9.17) is 14.9 Å². The third-order valence-electron chi connectivity index (χ3n) is 3.95. The summed E-state index contributed by atoms with van der Waals surface area (Å²) in [5.74, 6) is -0.241. The number of benzene rings is 1. The minimum absolute atomic E-state index is 0.0265. The lowest BCUT2D eigenvalue weighted by Gasteiger charge is -2.05. The third-order valence-corrected chi connectivity index (χ3v) is 3.95. The fourth-order valence-corrected chi connectivity index (χ4v) is 2.52. The molecule has 1 aromatic carbocycles. The Balaban J connectivity index is 1.63. The van der Waals surface area contributed by atoms with Crippen LogP contribution in [0.3, 0.4) is 0 Å². The van der Waals surface area contributed by atoms with Crippen molar-refractivity contribution in [3.63, 3.8) is 0 Å². The minimum atomic E-state index is -0.709. The number of Topliss-reactive ketones (excluding diaryl/α,β-unsaturated/α-hetero) is 1. The molecular formula is C19H18N4O5. The highest BCUT2D eigenvalue weighted by molar-refractivity contribution is 6.06. The molecule has 2 heterocycles. The summed E-state index contributed by atoms with van der Waals surface area (Å²) in [5.41, 5.74) is 6.16. The van der Waals surface area contributed by atoms with Gasteiger partial charge in [0.25, 0.3) is 11.8 Å². The van der Waals surface area contributed by atoms with Crippen molar-refractivity contribution in [1.82, 2.24) is 9.78 Å². The van der Waals surface area contributed by atoms with Crippen molar-refractivity contribution < 1.29 is 23.5 Å². The number of ether oxygens (including phenoxy) is 1. The second-order valence-corrected chi connectivity index (χ2v) is 5.98. The molecule has 0 fully saturated rings. The molecule has 3 aromatic rings. The monoisotopic (exact) mass is 382 g/mol. The highest BCUT2D eigenvalue weighted by Gasteiger charge is 2.18. The molecule has 9 heteroatoms. The number of amides is 2. The maximum atomic E-state index is 12.3. The lowest BCUT2D eigenvalue weighted by molar-refractivity contribution is 0.0987. The van der Waals surface area contributed by atoms with Gasteiger partial charge in [-0.1, -0.05) is 0 Å². The summed E-state index contributed by atoms with van der Waals surface area (Å²) in [6.07, 6.45) is 1.33. The van der Waals surface area contributed by atoms with Crippen LogP contribution >= 0.6 is 0 Å². The number of hydrogen-bond acceptors (Lipinski definition) is 6. The van der Waals surface area contributed by atoms with Crippen LogP contribution in [0.25, 0.3) is 0 Å². The molecule has 0 aliphatic heterocycles. The zero-order valence-corrected chi connectivity index (χ0v) is 15.3. The molecular weight excluding hydrogens is 364 g/mol. The van der Waals surface area contributed by atoms with Crippen molar-refractivity contribution in [1.29, 1.82) is 0 Å². The van der Waals surface area contributed by atoms with Crippen LogP contribution in [-0.2, 0) is 13.7 Å². The molecule has 144 valence electrons. The Hall–Kier alpha value is -3.88. The molecule has 0 unspecified atom stereocenters. The summed E-state index contributed by atoms with van der Waals surface area (Å²) >= 11 is 0. The number of nitrogens with zero attached hydrogens (tertiary/aromatic N) is 2. The van der Waals surface area contributed by atoms with Gasteiger partial charge in [-0.3, -0.25) is 19.1 Å². The average Bonchev–Trinajstić information content (AvgIpc) is 3.27. The van der Waals surface area contributed by atoms with E-state index < -0.39 is 11.8 Å². The van der Waals surface area contributed by atoms with Gasteiger partial charge in [-0.25, -0.2) is 0 Å². The molecule has 0 aliphatic carbocycles. The molecule has 3 rings (SSSR count). The number of ketones is 1. The van der Waals surface area contributed by atoms with Gasteiger partial charge >= 0.3 is 0 Å². The van der Waals surface area contributed by atoms with Crippen molar-refractivity contribution in [2.24, 2.45) is 12.8 Å². The Morgan fingerprint density at radius 2 is 1.89 bits per heavy atom. The van der Waals surface area contributed by atoms with E-state index in [-0.39, 0.29) is 29.5 Å². The van der Waals surface area contributed by atoms with E-state index in [0.29, 0.717) is 17.1 Å². The van der Waals surface area contributed by atoms with Crippen LogP contribution < -0.4 is 15.8 Å². The number of carbonyl (C=O) groups is 3. The van der Waals surface area contributed by atoms with E-state index in [1.807, 2.05) is 0 Å². The first kappa shape index (κ1) is 18.9. The number of primary amides is 1. The van der Waals surface area contributed by atoms with Gasteiger partial charge in [-0.15, -0.1) is 0 Å². The first-order valence-corrected chi connectivity index (χ1v) is 8.31. The predicted molar refractivity (Wildman–Crippen MR) is 99.2 cm³/mol. The molecule has 9 nitrogen and oxygen atoms in total. The first-order valence-electron chi connectivity index (χ1n) is 8.31. The maximum Gasteiger partial charge on any atom is 0.291 e. The fraction of sp³-hybridized carbons (Fsp3) is 0.158. The van der Waals surface area contributed by atoms with Crippen LogP contribution in [0.2, 0.25) is 0 Å². The van der Waals surface area contributed by atoms with E-state index >= 15 is 0 Å². The van der Waals surface area contributed by atoms with Gasteiger partial charge in [0.1, 0.15) is 23.8 Å². The molecule has 0 saturated carbocycles. The topological polar surface area (TPSA) is 129 Å². The molecule has 0 saturated heterocycles. The predicted octanol–water partition coefficient (Wildman–Crippen LogP) is 2.15. The summed E-state index contributed by atoms with van der Waals surface area (Å²) in [4.78, 5) is 35.0. The second-order valence-electron chi connectivity index (χ2n) is 5.98. The molecule has 0 spiro atoms. The smallest absolute Gasteiger partial charge is 0.291 e. The lowest BCUT2D eigenvalue weighted by atomic mass is 10.1. The minimum Gasteiger partial charge on any atom is -0.486 e. The summed E-state index contributed by atoms with van der Waals surface area (Å²) in [6.45, 7) is 1.59. The number of nitrogens with one attached hydrogen (secondary N) is 1. The summed E-state index contributed by atoms with van der Waals surface area (Å²) in [6, 6.07) is 9.80. The highest BCUT2D eigenvalue weighted by atomic mass is 16.5. The highest BCUT2D eigenvalue weighted by Crippen LogP contribution is 2.18. The van der Waals surface area contributed by atoms with Gasteiger partial charge in [0.05, 0.1) is 11.9 Å². The van der Waals surface area contributed by atoms with Crippen molar-refractivity contribution in [3.05, 3.63) is 65.4 Å². The van der Waals surface area contributed by atoms with Gasteiger partial charge in [-0.05, 0) is 43.3 Å². The van der Waals surface area contributed by atoms with E-state index in [9.17, 15) is 14.4 Å². The Labute approximate surface area is 160 Å². The maximum absolute atomic E-state index is 12.3. The molecule has 0 aliphatic rings. The summed E-state index contributed by atoms with van der Waals surface area (Å²) < 4.78 is 12.3.